The Morgan fingerprint density at radius 1 is 1.09 bits per heavy atom. The Kier molecular flexibility index (Phi) is 3.63. The molecule has 1 atom stereocenters. The van der Waals surface area contributed by atoms with Gasteiger partial charge in [0.05, 0.1) is 11.0 Å². The lowest BCUT2D eigenvalue weighted by Crippen LogP contribution is -2.13. The maximum Gasteiger partial charge on any atom is 0.269 e. The molecule has 0 amide bonds. The monoisotopic (exact) mass is 295 g/mol. The Morgan fingerprint density at radius 3 is 2.41 bits per heavy atom. The minimum atomic E-state index is -0.446. The Balaban J connectivity index is 1.86. The van der Waals surface area contributed by atoms with Gasteiger partial charge in [-0.2, -0.15) is 5.10 Å². The van der Waals surface area contributed by atoms with Gasteiger partial charge in [0, 0.05) is 17.7 Å². The summed E-state index contributed by atoms with van der Waals surface area (Å²) in [7, 11) is 0. The highest BCUT2D eigenvalue weighted by atomic mass is 16.6. The van der Waals surface area contributed by atoms with Gasteiger partial charge < -0.3 is 5.73 Å². The highest BCUT2D eigenvalue weighted by Crippen LogP contribution is 2.22. The Hall–Kier alpha value is -3.06. The molecule has 2 aromatic carbocycles. The van der Waals surface area contributed by atoms with E-state index in [9.17, 15) is 10.1 Å². The molecule has 0 saturated heterocycles. The molecule has 7 nitrogen and oxygen atoms in total. The van der Waals surface area contributed by atoms with Crippen LogP contribution in [-0.4, -0.2) is 20.1 Å². The summed E-state index contributed by atoms with van der Waals surface area (Å²) in [5.41, 5.74) is 7.79. The third-order valence-corrected chi connectivity index (χ3v) is 3.29. The summed E-state index contributed by atoms with van der Waals surface area (Å²) in [4.78, 5) is 14.6. The summed E-state index contributed by atoms with van der Waals surface area (Å²) < 4.78 is 0. The first kappa shape index (κ1) is 13.9. The SMILES string of the molecule is N[C@@H](c1ccccc1)c1nc(-c2ccc([N+](=O)[O-])cc2)n[nH]1. The predicted octanol–water partition coefficient (Wildman–Crippen LogP) is 2.43. The van der Waals surface area contributed by atoms with Crippen LogP contribution in [0.4, 0.5) is 5.69 Å². The van der Waals surface area contributed by atoms with Crippen LogP contribution in [0.2, 0.25) is 0 Å². The molecular weight excluding hydrogens is 282 g/mol. The quantitative estimate of drug-likeness (QED) is 0.567. The molecule has 0 bridgehead atoms. The molecule has 0 fully saturated rings. The Morgan fingerprint density at radius 2 is 1.77 bits per heavy atom. The highest BCUT2D eigenvalue weighted by Gasteiger charge is 2.15. The van der Waals surface area contributed by atoms with Crippen molar-refractivity contribution < 1.29 is 4.92 Å². The van der Waals surface area contributed by atoms with E-state index in [4.69, 9.17) is 5.73 Å². The number of hydrogen-bond donors (Lipinski definition) is 2. The van der Waals surface area contributed by atoms with E-state index in [0.29, 0.717) is 17.2 Å². The van der Waals surface area contributed by atoms with Crippen molar-refractivity contribution in [2.45, 2.75) is 6.04 Å². The maximum atomic E-state index is 10.7. The van der Waals surface area contributed by atoms with Crippen molar-refractivity contribution in [3.63, 3.8) is 0 Å². The number of aromatic nitrogens is 3. The summed E-state index contributed by atoms with van der Waals surface area (Å²) in [5, 5.41) is 17.6. The van der Waals surface area contributed by atoms with Gasteiger partial charge in [-0.3, -0.25) is 15.2 Å². The Labute approximate surface area is 126 Å². The van der Waals surface area contributed by atoms with Gasteiger partial charge in [-0.1, -0.05) is 30.3 Å². The first-order valence-electron chi connectivity index (χ1n) is 6.63. The van der Waals surface area contributed by atoms with E-state index in [2.05, 4.69) is 15.2 Å². The lowest BCUT2D eigenvalue weighted by Gasteiger charge is -2.07. The standard InChI is InChI=1S/C15H13N5O2/c16-13(10-4-2-1-3-5-10)15-17-14(18-19-15)11-6-8-12(9-7-11)20(21)22/h1-9,13H,16H2,(H,17,18,19)/t13-/m0/s1. The third kappa shape index (κ3) is 2.70. The van der Waals surface area contributed by atoms with Crippen molar-refractivity contribution in [2.24, 2.45) is 5.73 Å². The van der Waals surface area contributed by atoms with E-state index >= 15 is 0 Å². The number of benzene rings is 2. The fourth-order valence-electron chi connectivity index (χ4n) is 2.09. The Bertz CT molecular complexity index is 783. The van der Waals surface area contributed by atoms with Gasteiger partial charge >= 0.3 is 0 Å². The van der Waals surface area contributed by atoms with Gasteiger partial charge in [0.2, 0.25) is 0 Å². The molecule has 0 saturated carbocycles. The lowest BCUT2D eigenvalue weighted by molar-refractivity contribution is -0.384. The minimum Gasteiger partial charge on any atom is -0.318 e. The number of non-ortho nitro benzene ring substituents is 1. The number of rotatable bonds is 4. The second kappa shape index (κ2) is 5.74. The average Bonchev–Trinajstić information content (AvgIpc) is 3.05. The summed E-state index contributed by atoms with van der Waals surface area (Å²) in [6.45, 7) is 0. The lowest BCUT2D eigenvalue weighted by atomic mass is 10.1. The molecule has 110 valence electrons. The highest BCUT2D eigenvalue weighted by molar-refractivity contribution is 5.57. The second-order valence-electron chi connectivity index (χ2n) is 4.74. The molecule has 1 heterocycles. The average molecular weight is 295 g/mol. The van der Waals surface area contributed by atoms with E-state index in [1.54, 1.807) is 12.1 Å². The summed E-state index contributed by atoms with van der Waals surface area (Å²) in [6, 6.07) is 15.2. The van der Waals surface area contributed by atoms with Gasteiger partial charge in [0.1, 0.15) is 5.82 Å². The molecule has 0 spiro atoms. The largest absolute Gasteiger partial charge is 0.318 e. The van der Waals surface area contributed by atoms with E-state index in [0.717, 1.165) is 5.56 Å². The molecule has 22 heavy (non-hydrogen) atoms. The summed E-state index contributed by atoms with van der Waals surface area (Å²) in [5.74, 6) is 0.996. The van der Waals surface area contributed by atoms with Crippen LogP contribution < -0.4 is 5.73 Å². The van der Waals surface area contributed by atoms with Crippen LogP contribution in [-0.2, 0) is 0 Å². The van der Waals surface area contributed by atoms with E-state index in [1.165, 1.54) is 12.1 Å². The van der Waals surface area contributed by atoms with Crippen LogP contribution in [0.5, 0.6) is 0 Å². The van der Waals surface area contributed by atoms with E-state index in [-0.39, 0.29) is 5.69 Å². The van der Waals surface area contributed by atoms with Gasteiger partial charge in [0.15, 0.2) is 5.82 Å². The van der Waals surface area contributed by atoms with Crippen molar-refractivity contribution >= 4 is 5.69 Å². The normalized spacial score (nSPS) is 12.0. The van der Waals surface area contributed by atoms with Crippen molar-refractivity contribution in [2.75, 3.05) is 0 Å². The zero-order valence-corrected chi connectivity index (χ0v) is 11.5. The van der Waals surface area contributed by atoms with Crippen LogP contribution >= 0.6 is 0 Å². The van der Waals surface area contributed by atoms with Crippen molar-refractivity contribution in [1.82, 2.24) is 15.2 Å². The number of hydrogen-bond acceptors (Lipinski definition) is 5. The third-order valence-electron chi connectivity index (χ3n) is 3.29. The number of nitro groups is 1. The first-order chi connectivity index (χ1) is 10.6. The molecule has 0 aliphatic heterocycles. The molecule has 0 aliphatic carbocycles. The van der Waals surface area contributed by atoms with Crippen LogP contribution in [0.1, 0.15) is 17.4 Å². The topological polar surface area (TPSA) is 111 Å². The van der Waals surface area contributed by atoms with Crippen molar-refractivity contribution in [3.05, 3.63) is 76.1 Å². The predicted molar refractivity (Wildman–Crippen MR) is 80.9 cm³/mol. The number of H-pyrrole nitrogens is 1. The number of nitrogens with two attached hydrogens (primary N) is 1. The number of nitro benzene ring substituents is 1. The molecule has 3 rings (SSSR count). The second-order valence-corrected chi connectivity index (χ2v) is 4.74. The van der Waals surface area contributed by atoms with Crippen LogP contribution in [0, 0.1) is 10.1 Å². The number of aromatic amines is 1. The number of nitrogens with one attached hydrogen (secondary N) is 1. The van der Waals surface area contributed by atoms with E-state index < -0.39 is 11.0 Å². The first-order valence-corrected chi connectivity index (χ1v) is 6.63. The fourth-order valence-corrected chi connectivity index (χ4v) is 2.09. The fraction of sp³-hybridized carbons (Fsp3) is 0.0667. The van der Waals surface area contributed by atoms with Crippen molar-refractivity contribution in [3.8, 4) is 11.4 Å². The maximum absolute atomic E-state index is 10.7. The zero-order valence-electron chi connectivity index (χ0n) is 11.5. The molecule has 1 aromatic heterocycles. The zero-order chi connectivity index (χ0) is 15.5. The van der Waals surface area contributed by atoms with Crippen LogP contribution in [0.15, 0.2) is 54.6 Å². The molecular formula is C15H13N5O2. The number of nitrogens with zero attached hydrogens (tertiary/aromatic N) is 3. The van der Waals surface area contributed by atoms with Gasteiger partial charge in [-0.05, 0) is 17.7 Å². The van der Waals surface area contributed by atoms with Gasteiger partial charge in [-0.25, -0.2) is 4.98 Å². The van der Waals surface area contributed by atoms with Crippen LogP contribution in [0.3, 0.4) is 0 Å². The van der Waals surface area contributed by atoms with Crippen LogP contribution in [0.25, 0.3) is 11.4 Å². The minimum absolute atomic E-state index is 0.0282. The smallest absolute Gasteiger partial charge is 0.269 e. The van der Waals surface area contributed by atoms with Crippen molar-refractivity contribution in [1.29, 1.82) is 0 Å². The summed E-state index contributed by atoms with van der Waals surface area (Å²) in [6.07, 6.45) is 0. The van der Waals surface area contributed by atoms with E-state index in [1.807, 2.05) is 30.3 Å². The molecule has 0 aliphatic rings. The molecule has 7 heteroatoms. The molecule has 0 unspecified atom stereocenters. The molecule has 3 aromatic rings. The molecule has 3 N–H and O–H groups in total. The molecule has 0 radical (unpaired) electrons. The van der Waals surface area contributed by atoms with Gasteiger partial charge in [0.25, 0.3) is 5.69 Å². The van der Waals surface area contributed by atoms with Gasteiger partial charge in [-0.15, -0.1) is 0 Å². The summed E-state index contributed by atoms with van der Waals surface area (Å²) >= 11 is 0.